The number of hydrogen-bond donors (Lipinski definition) is 1. The van der Waals surface area contributed by atoms with Crippen molar-refractivity contribution in [2.75, 3.05) is 24.7 Å². The van der Waals surface area contributed by atoms with Crippen LogP contribution < -0.4 is 5.32 Å². The maximum atomic E-state index is 14.0. The van der Waals surface area contributed by atoms with Crippen LogP contribution in [0.3, 0.4) is 0 Å². The number of carbonyl (C=O) groups is 2. The molecule has 1 fully saturated rings. The topological polar surface area (TPSA) is 67.9 Å². The van der Waals surface area contributed by atoms with Gasteiger partial charge in [-0.1, -0.05) is 66.2 Å². The number of fused-ring (bicyclic) bond motifs is 1. The Morgan fingerprint density at radius 2 is 1.70 bits per heavy atom. The smallest absolute Gasteiger partial charge is 0.410 e. The van der Waals surface area contributed by atoms with E-state index in [-0.39, 0.29) is 29.9 Å². The molecule has 6 nitrogen and oxygen atoms in total. The van der Waals surface area contributed by atoms with Crippen molar-refractivity contribution >= 4 is 29.5 Å². The Balaban J connectivity index is 1.55. The van der Waals surface area contributed by atoms with E-state index in [9.17, 15) is 9.59 Å². The monoisotopic (exact) mass is 596 g/mol. The van der Waals surface area contributed by atoms with Gasteiger partial charge in [-0.2, -0.15) is 0 Å². The number of benzene rings is 3. The van der Waals surface area contributed by atoms with Crippen molar-refractivity contribution in [2.45, 2.75) is 62.5 Å². The molecule has 1 amide bonds. The number of methoxy groups -OCH3 is 1. The number of ether oxygens (including phenoxy) is 2. The highest BCUT2D eigenvalue weighted by Gasteiger charge is 2.64. The predicted octanol–water partition coefficient (Wildman–Crippen LogP) is 7.38. The van der Waals surface area contributed by atoms with Crippen LogP contribution in [0.2, 0.25) is 0 Å². The van der Waals surface area contributed by atoms with Crippen LogP contribution in [0.1, 0.15) is 43.9 Å². The number of nitrogens with zero attached hydrogens (tertiary/aromatic N) is 1. The zero-order valence-electron chi connectivity index (χ0n) is 25.6. The van der Waals surface area contributed by atoms with E-state index < -0.39 is 11.0 Å². The maximum Gasteiger partial charge on any atom is 0.410 e. The molecule has 3 aromatic carbocycles. The summed E-state index contributed by atoms with van der Waals surface area (Å²) in [6, 6.07) is 27.0. The number of carbonyl (C=O) groups excluding carboxylic acids is 2. The van der Waals surface area contributed by atoms with Crippen molar-refractivity contribution < 1.29 is 19.1 Å². The first-order valence-electron chi connectivity index (χ1n) is 15.0. The first-order chi connectivity index (χ1) is 20.6. The minimum Gasteiger partial charge on any atom is -0.466 e. The lowest BCUT2D eigenvalue weighted by Crippen LogP contribution is -2.57. The number of rotatable bonds is 6. The summed E-state index contributed by atoms with van der Waals surface area (Å²) in [5.41, 5.74) is 4.89. The fourth-order valence-electron chi connectivity index (χ4n) is 7.36. The second-order valence-electron chi connectivity index (χ2n) is 12.9. The Kier molecular flexibility index (Phi) is 7.80. The Morgan fingerprint density at radius 3 is 2.40 bits per heavy atom. The summed E-state index contributed by atoms with van der Waals surface area (Å²) in [6.07, 6.45) is 1.10. The third-order valence-corrected chi connectivity index (χ3v) is 10.2. The molecule has 0 unspecified atom stereocenters. The van der Waals surface area contributed by atoms with Gasteiger partial charge in [0.15, 0.2) is 0 Å². The third-order valence-electron chi connectivity index (χ3n) is 9.06. The number of aryl methyl sites for hydroxylation is 1. The molecule has 43 heavy (non-hydrogen) atoms. The van der Waals surface area contributed by atoms with Gasteiger partial charge in [0, 0.05) is 34.5 Å². The Morgan fingerprint density at radius 1 is 1.00 bits per heavy atom. The van der Waals surface area contributed by atoms with E-state index in [1.807, 2.05) is 37.8 Å². The van der Waals surface area contributed by atoms with E-state index in [4.69, 9.17) is 9.47 Å². The number of esters is 1. The van der Waals surface area contributed by atoms with Gasteiger partial charge < -0.3 is 19.7 Å². The molecule has 6 rings (SSSR count). The second kappa shape index (κ2) is 11.4. The van der Waals surface area contributed by atoms with Crippen molar-refractivity contribution in [3.63, 3.8) is 0 Å². The molecule has 0 saturated carbocycles. The predicted molar refractivity (Wildman–Crippen MR) is 171 cm³/mol. The summed E-state index contributed by atoms with van der Waals surface area (Å²) >= 11 is 1.75. The summed E-state index contributed by atoms with van der Waals surface area (Å²) in [5, 5.41) is 3.68. The van der Waals surface area contributed by atoms with Gasteiger partial charge in [-0.25, -0.2) is 9.59 Å². The minimum absolute atomic E-state index is 0.0684. The number of hydrogen-bond acceptors (Lipinski definition) is 6. The molecule has 4 atom stereocenters. The zero-order valence-corrected chi connectivity index (χ0v) is 26.4. The van der Waals surface area contributed by atoms with Crippen LogP contribution in [0.4, 0.5) is 10.5 Å². The molecular weight excluding hydrogens is 556 g/mol. The molecular formula is C36H40N2O4S. The number of amides is 1. The van der Waals surface area contributed by atoms with Crippen LogP contribution in [0.25, 0.3) is 0 Å². The first-order valence-corrected chi connectivity index (χ1v) is 16.0. The highest BCUT2D eigenvalue weighted by molar-refractivity contribution is 7.99. The third kappa shape index (κ3) is 5.33. The van der Waals surface area contributed by atoms with Gasteiger partial charge in [-0.3, -0.25) is 0 Å². The molecule has 1 aliphatic carbocycles. The van der Waals surface area contributed by atoms with Crippen molar-refractivity contribution in [1.82, 2.24) is 4.90 Å². The zero-order chi connectivity index (χ0) is 30.4. The molecule has 1 saturated heterocycles. The second-order valence-corrected chi connectivity index (χ2v) is 14.0. The highest BCUT2D eigenvalue weighted by atomic mass is 32.2. The van der Waals surface area contributed by atoms with Gasteiger partial charge in [0.05, 0.1) is 24.1 Å². The van der Waals surface area contributed by atoms with Crippen molar-refractivity contribution in [3.05, 3.63) is 107 Å². The number of anilines is 1. The Bertz CT molecular complexity index is 1550. The molecule has 0 aromatic heterocycles. The molecule has 224 valence electrons. The van der Waals surface area contributed by atoms with E-state index >= 15 is 0 Å². The molecule has 0 radical (unpaired) electrons. The van der Waals surface area contributed by atoms with Gasteiger partial charge in [0.1, 0.15) is 5.60 Å². The van der Waals surface area contributed by atoms with Crippen LogP contribution in [-0.4, -0.2) is 48.0 Å². The number of para-hydroxylation sites is 1. The van der Waals surface area contributed by atoms with Crippen molar-refractivity contribution in [3.8, 4) is 0 Å². The fraction of sp³-hybridized carbons (Fsp3) is 0.389. The average molecular weight is 597 g/mol. The Labute approximate surface area is 258 Å². The molecule has 1 spiro atoms. The maximum absolute atomic E-state index is 14.0. The molecule has 7 heteroatoms. The quantitative estimate of drug-likeness (QED) is 0.237. The summed E-state index contributed by atoms with van der Waals surface area (Å²) in [5.74, 6) is 0.107. The molecule has 1 N–H and O–H groups in total. The van der Waals surface area contributed by atoms with Gasteiger partial charge in [-0.15, -0.1) is 11.8 Å². The van der Waals surface area contributed by atoms with Crippen LogP contribution in [-0.2, 0) is 26.1 Å². The summed E-state index contributed by atoms with van der Waals surface area (Å²) in [7, 11) is 1.47. The van der Waals surface area contributed by atoms with Crippen LogP contribution >= 0.6 is 11.8 Å². The minimum atomic E-state index is -0.626. The van der Waals surface area contributed by atoms with E-state index in [0.717, 1.165) is 21.8 Å². The number of likely N-dealkylation sites (tertiary alicyclic amines) is 1. The van der Waals surface area contributed by atoms with Crippen molar-refractivity contribution in [1.29, 1.82) is 0 Å². The van der Waals surface area contributed by atoms with Gasteiger partial charge in [0.25, 0.3) is 0 Å². The fourth-order valence-corrected chi connectivity index (χ4v) is 8.47. The molecule has 2 heterocycles. The first kappa shape index (κ1) is 29.4. The van der Waals surface area contributed by atoms with E-state index in [2.05, 4.69) is 79.0 Å². The molecule has 3 aliphatic rings. The Hall–Kier alpha value is -3.71. The average Bonchev–Trinajstić information content (AvgIpc) is 3.54. The highest BCUT2D eigenvalue weighted by Crippen LogP contribution is 2.61. The standard InChI is InChI=1S/C36H40N2O4S/c1-23-15-17-25(18-16-23)43-22-27-26(21-24-11-7-6-8-12-24)32-36(19-20-38(32)34(40)42-35(2,3)4)28-13-9-10-14-29(28)37-31(36)30(27)33(39)41-5/h6-18,26-27,32,37H,19-22H2,1-5H3/t26-,27-,32+,36+/m0/s1. The lowest BCUT2D eigenvalue weighted by atomic mass is 9.59. The summed E-state index contributed by atoms with van der Waals surface area (Å²) in [4.78, 5) is 31.0. The van der Waals surface area contributed by atoms with E-state index in [1.165, 1.54) is 18.2 Å². The van der Waals surface area contributed by atoms with Crippen LogP contribution in [0, 0.1) is 18.8 Å². The van der Waals surface area contributed by atoms with Crippen molar-refractivity contribution in [2.24, 2.45) is 11.8 Å². The van der Waals surface area contributed by atoms with Gasteiger partial charge in [0.2, 0.25) is 0 Å². The van der Waals surface area contributed by atoms with Gasteiger partial charge in [-0.05, 0) is 75.8 Å². The van der Waals surface area contributed by atoms with E-state index in [0.29, 0.717) is 30.7 Å². The lowest BCUT2D eigenvalue weighted by molar-refractivity contribution is -0.137. The lowest BCUT2D eigenvalue weighted by Gasteiger charge is -2.49. The molecule has 3 aromatic rings. The van der Waals surface area contributed by atoms with Gasteiger partial charge >= 0.3 is 12.1 Å². The summed E-state index contributed by atoms with van der Waals surface area (Å²) in [6.45, 7) is 8.35. The van der Waals surface area contributed by atoms with Crippen LogP contribution in [0.5, 0.6) is 0 Å². The summed E-state index contributed by atoms with van der Waals surface area (Å²) < 4.78 is 11.6. The number of nitrogens with one attached hydrogen (secondary N) is 1. The largest absolute Gasteiger partial charge is 0.466 e. The normalized spacial score (nSPS) is 24.1. The number of thioether (sulfide) groups is 1. The SMILES string of the molecule is COC(=O)C1=C2Nc3ccccc3[C@]23CCN(C(=O)OC(C)(C)C)[C@@H]3[C@@H](Cc2ccccc2)[C@@H]1CSc1ccc(C)cc1. The van der Waals surface area contributed by atoms with Crippen LogP contribution in [0.15, 0.2) is 95.0 Å². The van der Waals surface area contributed by atoms with E-state index in [1.54, 1.807) is 11.8 Å². The molecule has 0 bridgehead atoms. The molecule has 2 aliphatic heterocycles.